The van der Waals surface area contributed by atoms with E-state index < -0.39 is 5.97 Å². The number of nitrogens with two attached hydrogens (primary N) is 1. The van der Waals surface area contributed by atoms with Crippen LogP contribution in [0.5, 0.6) is 11.5 Å². The highest BCUT2D eigenvalue weighted by Crippen LogP contribution is 2.27. The van der Waals surface area contributed by atoms with E-state index in [0.29, 0.717) is 6.42 Å². The van der Waals surface area contributed by atoms with Gasteiger partial charge in [0.25, 0.3) is 0 Å². The predicted octanol–water partition coefficient (Wildman–Crippen LogP) is 0.985. The van der Waals surface area contributed by atoms with Gasteiger partial charge in [-0.25, -0.2) is 0 Å². The summed E-state index contributed by atoms with van der Waals surface area (Å²) in [6.45, 7) is 3.37. The Kier molecular flexibility index (Phi) is 3.88. The van der Waals surface area contributed by atoms with Crippen LogP contribution in [0.1, 0.15) is 5.56 Å². The fourth-order valence-corrected chi connectivity index (χ4v) is 1.11. The van der Waals surface area contributed by atoms with Crippen molar-refractivity contribution in [1.82, 2.24) is 0 Å². The molecule has 0 radical (unpaired) electrons. The molecule has 1 aromatic carbocycles. The van der Waals surface area contributed by atoms with Crippen molar-refractivity contribution in [2.45, 2.75) is 6.42 Å². The summed E-state index contributed by atoms with van der Waals surface area (Å²) in [5.41, 5.74) is 5.98. The molecule has 0 saturated heterocycles. The Hall–Kier alpha value is -1.81. The van der Waals surface area contributed by atoms with Gasteiger partial charge in [0, 0.05) is 0 Å². The van der Waals surface area contributed by atoms with Crippen molar-refractivity contribution in [3.8, 4) is 11.5 Å². The Labute approximate surface area is 88.0 Å². The van der Waals surface area contributed by atoms with Crippen LogP contribution in [0.2, 0.25) is 0 Å². The minimum atomic E-state index is -0.582. The molecule has 3 N–H and O–H groups in total. The number of aromatic hydroxyl groups is 1. The van der Waals surface area contributed by atoms with Crippen molar-refractivity contribution in [3.63, 3.8) is 0 Å². The topological polar surface area (TPSA) is 72.5 Å². The molecule has 0 atom stereocenters. The van der Waals surface area contributed by atoms with Gasteiger partial charge < -0.3 is 15.6 Å². The maximum Gasteiger partial charge on any atom is 0.325 e. The first-order chi connectivity index (χ1) is 7.17. The molecule has 0 fully saturated rings. The fraction of sp³-hybridized carbons (Fsp3) is 0.182. The van der Waals surface area contributed by atoms with Crippen molar-refractivity contribution in [2.75, 3.05) is 6.54 Å². The van der Waals surface area contributed by atoms with Gasteiger partial charge in [0.1, 0.15) is 0 Å². The van der Waals surface area contributed by atoms with E-state index in [1.54, 1.807) is 12.1 Å². The first-order valence-electron chi connectivity index (χ1n) is 4.51. The lowest BCUT2D eigenvalue weighted by molar-refractivity contribution is -0.132. The molecule has 4 heteroatoms. The highest BCUT2D eigenvalue weighted by Gasteiger charge is 2.07. The van der Waals surface area contributed by atoms with Crippen molar-refractivity contribution in [3.05, 3.63) is 36.4 Å². The number of carbonyl (C=O) groups excluding carboxylic acids is 1. The molecule has 0 heterocycles. The van der Waals surface area contributed by atoms with Crippen LogP contribution in [-0.4, -0.2) is 17.6 Å². The molecule has 15 heavy (non-hydrogen) atoms. The summed E-state index contributed by atoms with van der Waals surface area (Å²) in [5.74, 6) is -0.531. The van der Waals surface area contributed by atoms with Crippen molar-refractivity contribution in [2.24, 2.45) is 5.73 Å². The van der Waals surface area contributed by atoms with Crippen LogP contribution >= 0.6 is 0 Å². The van der Waals surface area contributed by atoms with Gasteiger partial charge in [-0.15, -0.1) is 6.58 Å². The quantitative estimate of drug-likeness (QED) is 0.438. The molecule has 0 bridgehead atoms. The monoisotopic (exact) mass is 207 g/mol. The molecule has 0 saturated carbocycles. The van der Waals surface area contributed by atoms with Crippen LogP contribution in [-0.2, 0) is 11.2 Å². The smallest absolute Gasteiger partial charge is 0.325 e. The Morgan fingerprint density at radius 3 is 2.87 bits per heavy atom. The molecule has 1 aromatic rings. The number of phenols is 1. The Balaban J connectivity index is 2.83. The van der Waals surface area contributed by atoms with Gasteiger partial charge in [-0.1, -0.05) is 12.1 Å². The fourth-order valence-electron chi connectivity index (χ4n) is 1.11. The molecular weight excluding hydrogens is 194 g/mol. The third-order valence-corrected chi connectivity index (χ3v) is 1.79. The number of rotatable bonds is 4. The van der Waals surface area contributed by atoms with E-state index >= 15 is 0 Å². The summed E-state index contributed by atoms with van der Waals surface area (Å²) in [6, 6.07) is 4.81. The zero-order valence-corrected chi connectivity index (χ0v) is 8.27. The first-order valence-corrected chi connectivity index (χ1v) is 4.51. The Morgan fingerprint density at radius 1 is 1.60 bits per heavy atom. The lowest BCUT2D eigenvalue weighted by atomic mass is 10.1. The average Bonchev–Trinajstić information content (AvgIpc) is 2.22. The van der Waals surface area contributed by atoms with Crippen LogP contribution in [0.4, 0.5) is 0 Å². The van der Waals surface area contributed by atoms with E-state index in [0.717, 1.165) is 5.56 Å². The van der Waals surface area contributed by atoms with Crippen LogP contribution in [0, 0.1) is 0 Å². The highest BCUT2D eigenvalue weighted by molar-refractivity contribution is 5.74. The number of hydrogen-bond acceptors (Lipinski definition) is 4. The third-order valence-electron chi connectivity index (χ3n) is 1.79. The molecule has 0 amide bonds. The van der Waals surface area contributed by atoms with Gasteiger partial charge >= 0.3 is 5.97 Å². The summed E-state index contributed by atoms with van der Waals surface area (Å²) < 4.78 is 4.79. The second-order valence-corrected chi connectivity index (χ2v) is 2.97. The molecular formula is C11H13NO3. The molecule has 0 spiro atoms. The lowest BCUT2D eigenvalue weighted by Gasteiger charge is -2.06. The summed E-state index contributed by atoms with van der Waals surface area (Å²) in [6.07, 6.45) is 2.37. The van der Waals surface area contributed by atoms with E-state index in [-0.39, 0.29) is 18.0 Å². The molecule has 0 aliphatic heterocycles. The molecule has 4 nitrogen and oxygen atoms in total. The second kappa shape index (κ2) is 5.17. The molecule has 1 rings (SSSR count). The summed E-state index contributed by atoms with van der Waals surface area (Å²) in [4.78, 5) is 10.9. The Morgan fingerprint density at radius 2 is 2.33 bits per heavy atom. The molecule has 0 aromatic heterocycles. The van der Waals surface area contributed by atoms with Gasteiger partial charge in [-0.05, 0) is 24.1 Å². The van der Waals surface area contributed by atoms with Crippen molar-refractivity contribution >= 4 is 5.97 Å². The summed E-state index contributed by atoms with van der Waals surface area (Å²) in [7, 11) is 0. The van der Waals surface area contributed by atoms with Crippen molar-refractivity contribution < 1.29 is 14.6 Å². The standard InChI is InChI=1S/C11H13NO3/c1-2-3-8-4-5-10(9(13)6-8)15-11(14)7-12/h2,4-6,13H,1,3,7,12H2. The highest BCUT2D eigenvalue weighted by atomic mass is 16.5. The first kappa shape index (κ1) is 11.3. The van der Waals surface area contributed by atoms with Gasteiger partial charge in [-0.2, -0.15) is 0 Å². The van der Waals surface area contributed by atoms with E-state index in [1.807, 2.05) is 0 Å². The molecule has 0 aliphatic carbocycles. The van der Waals surface area contributed by atoms with E-state index in [4.69, 9.17) is 10.5 Å². The van der Waals surface area contributed by atoms with Crippen molar-refractivity contribution in [1.29, 1.82) is 0 Å². The third kappa shape index (κ3) is 3.11. The van der Waals surface area contributed by atoms with Gasteiger partial charge in [-0.3, -0.25) is 4.79 Å². The number of benzene rings is 1. The predicted molar refractivity (Wildman–Crippen MR) is 56.7 cm³/mol. The maximum atomic E-state index is 10.9. The van der Waals surface area contributed by atoms with Crippen LogP contribution in [0.25, 0.3) is 0 Å². The SMILES string of the molecule is C=CCc1ccc(OC(=O)CN)c(O)c1. The lowest BCUT2D eigenvalue weighted by Crippen LogP contribution is -2.19. The van der Waals surface area contributed by atoms with Gasteiger partial charge in [0.2, 0.25) is 0 Å². The van der Waals surface area contributed by atoms with Crippen LogP contribution in [0.3, 0.4) is 0 Å². The van der Waals surface area contributed by atoms with Gasteiger partial charge in [0.15, 0.2) is 11.5 Å². The van der Waals surface area contributed by atoms with E-state index in [9.17, 15) is 9.90 Å². The minimum Gasteiger partial charge on any atom is -0.504 e. The number of phenolic OH excluding ortho intramolecular Hbond substituents is 1. The van der Waals surface area contributed by atoms with Crippen LogP contribution < -0.4 is 10.5 Å². The zero-order chi connectivity index (χ0) is 11.3. The number of hydrogen-bond donors (Lipinski definition) is 2. The number of esters is 1. The maximum absolute atomic E-state index is 10.9. The molecule has 0 aliphatic rings. The number of ether oxygens (including phenoxy) is 1. The second-order valence-electron chi connectivity index (χ2n) is 2.97. The Bertz CT molecular complexity index is 374. The largest absolute Gasteiger partial charge is 0.504 e. The van der Waals surface area contributed by atoms with E-state index in [1.165, 1.54) is 12.1 Å². The van der Waals surface area contributed by atoms with E-state index in [2.05, 4.69) is 6.58 Å². The average molecular weight is 207 g/mol. The summed E-state index contributed by atoms with van der Waals surface area (Å²) >= 11 is 0. The zero-order valence-electron chi connectivity index (χ0n) is 8.27. The molecule has 80 valence electrons. The molecule has 0 unspecified atom stereocenters. The summed E-state index contributed by atoms with van der Waals surface area (Å²) in [5, 5.41) is 9.51. The normalized spacial score (nSPS) is 9.67. The number of carbonyl (C=O) groups is 1. The minimum absolute atomic E-state index is 0.0730. The number of allylic oxidation sites excluding steroid dienone is 1. The van der Waals surface area contributed by atoms with Crippen LogP contribution in [0.15, 0.2) is 30.9 Å². The van der Waals surface area contributed by atoms with Gasteiger partial charge in [0.05, 0.1) is 6.54 Å².